The van der Waals surface area contributed by atoms with E-state index in [1.165, 1.54) is 22.2 Å². The maximum atomic E-state index is 5.86. The molecular formula is C13H18N2. The molecule has 1 heterocycles. The number of benzene rings is 1. The van der Waals surface area contributed by atoms with Crippen LogP contribution in [-0.2, 0) is 13.5 Å². The molecule has 0 spiro atoms. The standard InChI is InChI=1S/C13H18N2/c1-9(14)7-11-5-4-6-12-8-10(2)15(3)13(11)12/h4-6,8-9H,7,14H2,1-3H3. The van der Waals surface area contributed by atoms with Gasteiger partial charge in [-0.1, -0.05) is 18.2 Å². The van der Waals surface area contributed by atoms with Gasteiger partial charge in [-0.25, -0.2) is 0 Å². The average Bonchev–Trinajstić information content (AvgIpc) is 2.43. The molecule has 15 heavy (non-hydrogen) atoms. The zero-order valence-corrected chi connectivity index (χ0v) is 9.62. The fourth-order valence-electron chi connectivity index (χ4n) is 2.15. The van der Waals surface area contributed by atoms with Gasteiger partial charge >= 0.3 is 0 Å². The summed E-state index contributed by atoms with van der Waals surface area (Å²) in [5, 5.41) is 1.31. The Kier molecular flexibility index (Phi) is 2.53. The molecule has 0 bridgehead atoms. The van der Waals surface area contributed by atoms with Gasteiger partial charge in [0.2, 0.25) is 0 Å². The first kappa shape index (κ1) is 10.2. The first-order valence-electron chi connectivity index (χ1n) is 5.39. The molecular weight excluding hydrogens is 184 g/mol. The number of fused-ring (bicyclic) bond motifs is 1. The van der Waals surface area contributed by atoms with Crippen molar-refractivity contribution in [2.75, 3.05) is 0 Å². The lowest BCUT2D eigenvalue weighted by molar-refractivity contribution is 0.737. The molecule has 0 saturated heterocycles. The minimum atomic E-state index is 0.214. The van der Waals surface area contributed by atoms with Gasteiger partial charge in [0.15, 0.2) is 0 Å². The van der Waals surface area contributed by atoms with E-state index in [1.807, 2.05) is 0 Å². The predicted molar refractivity (Wildman–Crippen MR) is 65.0 cm³/mol. The van der Waals surface area contributed by atoms with Crippen molar-refractivity contribution in [1.29, 1.82) is 0 Å². The van der Waals surface area contributed by atoms with Crippen LogP contribution in [0.5, 0.6) is 0 Å². The van der Waals surface area contributed by atoms with Gasteiger partial charge in [0.1, 0.15) is 0 Å². The highest BCUT2D eigenvalue weighted by molar-refractivity contribution is 5.84. The van der Waals surface area contributed by atoms with Crippen molar-refractivity contribution >= 4 is 10.9 Å². The van der Waals surface area contributed by atoms with Gasteiger partial charge in [0, 0.05) is 24.2 Å². The summed E-state index contributed by atoms with van der Waals surface area (Å²) in [7, 11) is 2.11. The first-order valence-corrected chi connectivity index (χ1v) is 5.39. The Bertz CT molecular complexity index is 480. The molecule has 2 rings (SSSR count). The van der Waals surface area contributed by atoms with E-state index >= 15 is 0 Å². The van der Waals surface area contributed by atoms with E-state index in [-0.39, 0.29) is 6.04 Å². The molecule has 0 saturated carbocycles. The Morgan fingerprint density at radius 3 is 2.80 bits per heavy atom. The molecule has 0 aliphatic heterocycles. The number of aryl methyl sites for hydroxylation is 2. The van der Waals surface area contributed by atoms with Gasteiger partial charge in [0.25, 0.3) is 0 Å². The highest BCUT2D eigenvalue weighted by Gasteiger charge is 2.08. The second-order valence-electron chi connectivity index (χ2n) is 4.38. The second kappa shape index (κ2) is 3.70. The SMILES string of the molecule is Cc1cc2cccc(CC(C)N)c2n1C. The number of para-hydroxylation sites is 1. The molecule has 80 valence electrons. The van der Waals surface area contributed by atoms with Gasteiger partial charge < -0.3 is 10.3 Å². The number of hydrogen-bond donors (Lipinski definition) is 1. The van der Waals surface area contributed by atoms with Crippen molar-refractivity contribution in [3.05, 3.63) is 35.5 Å². The van der Waals surface area contributed by atoms with Crippen LogP contribution in [0, 0.1) is 6.92 Å². The van der Waals surface area contributed by atoms with Crippen molar-refractivity contribution in [2.45, 2.75) is 26.3 Å². The highest BCUT2D eigenvalue weighted by Crippen LogP contribution is 2.22. The Morgan fingerprint density at radius 2 is 2.13 bits per heavy atom. The highest BCUT2D eigenvalue weighted by atomic mass is 14.9. The van der Waals surface area contributed by atoms with E-state index in [2.05, 4.69) is 49.7 Å². The normalized spacial score (nSPS) is 13.3. The van der Waals surface area contributed by atoms with Crippen LogP contribution in [0.1, 0.15) is 18.2 Å². The lowest BCUT2D eigenvalue weighted by Crippen LogP contribution is -2.18. The lowest BCUT2D eigenvalue weighted by Gasteiger charge is -2.09. The Labute approximate surface area is 90.7 Å². The van der Waals surface area contributed by atoms with E-state index in [0.29, 0.717) is 0 Å². The topological polar surface area (TPSA) is 30.9 Å². The number of nitrogens with zero attached hydrogens (tertiary/aromatic N) is 1. The molecule has 1 unspecified atom stereocenters. The Balaban J connectivity index is 2.63. The third-order valence-corrected chi connectivity index (χ3v) is 2.92. The fraction of sp³-hybridized carbons (Fsp3) is 0.385. The maximum Gasteiger partial charge on any atom is 0.0512 e. The van der Waals surface area contributed by atoms with Crippen LogP contribution in [0.4, 0.5) is 0 Å². The average molecular weight is 202 g/mol. The Morgan fingerprint density at radius 1 is 1.40 bits per heavy atom. The van der Waals surface area contributed by atoms with Crippen LogP contribution in [0.25, 0.3) is 10.9 Å². The monoisotopic (exact) mass is 202 g/mol. The van der Waals surface area contributed by atoms with Crippen molar-refractivity contribution in [3.8, 4) is 0 Å². The van der Waals surface area contributed by atoms with Crippen LogP contribution < -0.4 is 5.73 Å². The molecule has 0 fully saturated rings. The molecule has 2 heteroatoms. The van der Waals surface area contributed by atoms with Crippen molar-refractivity contribution < 1.29 is 0 Å². The van der Waals surface area contributed by atoms with Gasteiger partial charge in [-0.15, -0.1) is 0 Å². The first-order chi connectivity index (χ1) is 7.09. The Hall–Kier alpha value is -1.28. The summed E-state index contributed by atoms with van der Waals surface area (Å²) in [5.74, 6) is 0. The number of nitrogens with two attached hydrogens (primary N) is 1. The zero-order chi connectivity index (χ0) is 11.0. The third kappa shape index (κ3) is 1.77. The zero-order valence-electron chi connectivity index (χ0n) is 9.62. The molecule has 0 amide bonds. The quantitative estimate of drug-likeness (QED) is 0.796. The van der Waals surface area contributed by atoms with Crippen LogP contribution in [-0.4, -0.2) is 10.6 Å². The number of hydrogen-bond acceptors (Lipinski definition) is 1. The number of aromatic nitrogens is 1. The fourth-order valence-corrected chi connectivity index (χ4v) is 2.15. The van der Waals surface area contributed by atoms with Crippen LogP contribution >= 0.6 is 0 Å². The van der Waals surface area contributed by atoms with E-state index in [0.717, 1.165) is 6.42 Å². The summed E-state index contributed by atoms with van der Waals surface area (Å²) in [5.41, 5.74) is 9.83. The molecule has 0 aliphatic carbocycles. The van der Waals surface area contributed by atoms with E-state index < -0.39 is 0 Å². The van der Waals surface area contributed by atoms with Crippen LogP contribution in [0.2, 0.25) is 0 Å². The number of rotatable bonds is 2. The molecule has 1 atom stereocenters. The maximum absolute atomic E-state index is 5.86. The van der Waals surface area contributed by atoms with Crippen molar-refractivity contribution in [3.63, 3.8) is 0 Å². The van der Waals surface area contributed by atoms with Crippen molar-refractivity contribution in [1.82, 2.24) is 4.57 Å². The summed E-state index contributed by atoms with van der Waals surface area (Å²) in [4.78, 5) is 0. The molecule has 1 aromatic carbocycles. The minimum Gasteiger partial charge on any atom is -0.348 e. The molecule has 1 aromatic heterocycles. The van der Waals surface area contributed by atoms with Crippen LogP contribution in [0.15, 0.2) is 24.3 Å². The summed E-state index contributed by atoms with van der Waals surface area (Å²) in [6, 6.07) is 8.88. The second-order valence-corrected chi connectivity index (χ2v) is 4.38. The van der Waals surface area contributed by atoms with Gasteiger partial charge in [0.05, 0.1) is 5.52 Å². The summed E-state index contributed by atoms with van der Waals surface area (Å²) >= 11 is 0. The van der Waals surface area contributed by atoms with E-state index in [4.69, 9.17) is 5.73 Å². The van der Waals surface area contributed by atoms with Crippen molar-refractivity contribution in [2.24, 2.45) is 12.8 Å². The molecule has 0 radical (unpaired) electrons. The lowest BCUT2D eigenvalue weighted by atomic mass is 10.0. The summed E-state index contributed by atoms with van der Waals surface area (Å²) in [6.45, 7) is 4.18. The summed E-state index contributed by atoms with van der Waals surface area (Å²) in [6.07, 6.45) is 0.939. The molecule has 2 nitrogen and oxygen atoms in total. The largest absolute Gasteiger partial charge is 0.348 e. The third-order valence-electron chi connectivity index (χ3n) is 2.92. The molecule has 0 aliphatic rings. The van der Waals surface area contributed by atoms with E-state index in [1.54, 1.807) is 0 Å². The predicted octanol–water partition coefficient (Wildman–Crippen LogP) is 2.38. The molecule has 2 N–H and O–H groups in total. The minimum absolute atomic E-state index is 0.214. The van der Waals surface area contributed by atoms with Crippen LogP contribution in [0.3, 0.4) is 0 Å². The van der Waals surface area contributed by atoms with Gasteiger partial charge in [-0.05, 0) is 31.9 Å². The molecule has 2 aromatic rings. The van der Waals surface area contributed by atoms with Gasteiger partial charge in [-0.2, -0.15) is 0 Å². The smallest absolute Gasteiger partial charge is 0.0512 e. The van der Waals surface area contributed by atoms with Gasteiger partial charge in [-0.3, -0.25) is 0 Å². The summed E-state index contributed by atoms with van der Waals surface area (Å²) < 4.78 is 2.24. The van der Waals surface area contributed by atoms with E-state index in [9.17, 15) is 0 Å².